The lowest BCUT2D eigenvalue weighted by atomic mass is 10.4. The van der Waals surface area contributed by atoms with E-state index in [1.807, 2.05) is 0 Å². The van der Waals surface area contributed by atoms with Crippen molar-refractivity contribution in [2.45, 2.75) is 30.3 Å². The Bertz CT molecular complexity index is 759. The largest absolute Gasteiger partial charge is 0.468 e. The highest BCUT2D eigenvalue weighted by Gasteiger charge is 2.40. The van der Waals surface area contributed by atoms with Gasteiger partial charge in [0.15, 0.2) is 0 Å². The fourth-order valence-corrected chi connectivity index (χ4v) is 5.16. The summed E-state index contributed by atoms with van der Waals surface area (Å²) in [5, 5.41) is 1.58. The maximum absolute atomic E-state index is 12.9. The Kier molecular flexibility index (Phi) is 4.07. The number of nitrogens with zero attached hydrogens (tertiary/aromatic N) is 1. The lowest BCUT2D eigenvalue weighted by Gasteiger charge is -2.20. The molecule has 0 spiro atoms. The van der Waals surface area contributed by atoms with Crippen molar-refractivity contribution in [2.75, 3.05) is 7.11 Å². The number of sulfonamides is 1. The molecule has 1 saturated carbocycles. The Morgan fingerprint density at radius 1 is 1.45 bits per heavy atom. The molecule has 0 radical (unpaired) electrons. The van der Waals surface area contributed by atoms with Gasteiger partial charge in [-0.15, -0.1) is 11.3 Å². The summed E-state index contributed by atoms with van der Waals surface area (Å²) in [6.07, 6.45) is 3.15. The van der Waals surface area contributed by atoms with E-state index in [0.29, 0.717) is 5.76 Å². The molecule has 0 amide bonds. The van der Waals surface area contributed by atoms with E-state index in [2.05, 4.69) is 4.74 Å². The van der Waals surface area contributed by atoms with E-state index < -0.39 is 16.0 Å². The van der Waals surface area contributed by atoms with E-state index in [-0.39, 0.29) is 22.4 Å². The number of methoxy groups -OCH3 is 1. The molecule has 1 fully saturated rings. The summed E-state index contributed by atoms with van der Waals surface area (Å²) in [6.45, 7) is 0.163. The van der Waals surface area contributed by atoms with Gasteiger partial charge >= 0.3 is 5.97 Å². The van der Waals surface area contributed by atoms with Gasteiger partial charge in [0, 0.05) is 6.04 Å². The Balaban J connectivity index is 1.96. The molecule has 2 aromatic heterocycles. The molecule has 1 aliphatic rings. The van der Waals surface area contributed by atoms with Crippen molar-refractivity contribution in [3.63, 3.8) is 0 Å². The fraction of sp³-hybridized carbons (Fsp3) is 0.357. The lowest BCUT2D eigenvalue weighted by molar-refractivity contribution is 0.0602. The minimum absolute atomic E-state index is 0.00260. The molecule has 2 heterocycles. The van der Waals surface area contributed by atoms with Gasteiger partial charge in [-0.2, -0.15) is 4.31 Å². The molecule has 1 aliphatic carbocycles. The van der Waals surface area contributed by atoms with Crippen molar-refractivity contribution in [3.8, 4) is 0 Å². The second-order valence-corrected chi connectivity index (χ2v) is 7.74. The summed E-state index contributed by atoms with van der Waals surface area (Å²) < 4.78 is 37.2. The third-order valence-electron chi connectivity index (χ3n) is 3.43. The number of furan rings is 1. The molecule has 8 heteroatoms. The molecule has 2 aromatic rings. The number of rotatable bonds is 6. The molecule has 0 bridgehead atoms. The molecule has 0 aliphatic heterocycles. The number of carbonyl (C=O) groups excluding carboxylic acids is 1. The predicted molar refractivity (Wildman–Crippen MR) is 80.1 cm³/mol. The quantitative estimate of drug-likeness (QED) is 0.755. The summed E-state index contributed by atoms with van der Waals surface area (Å²) in [5.74, 6) is -0.0624. The molecule has 6 nitrogen and oxygen atoms in total. The second-order valence-electron chi connectivity index (χ2n) is 4.97. The van der Waals surface area contributed by atoms with Gasteiger partial charge in [-0.05, 0) is 36.4 Å². The van der Waals surface area contributed by atoms with Crippen LogP contribution < -0.4 is 0 Å². The third kappa shape index (κ3) is 2.81. The molecule has 0 N–H and O–H groups in total. The van der Waals surface area contributed by atoms with Gasteiger partial charge in [0.25, 0.3) is 0 Å². The number of hydrogen-bond donors (Lipinski definition) is 0. The van der Waals surface area contributed by atoms with Crippen LogP contribution in [0.3, 0.4) is 0 Å². The monoisotopic (exact) mass is 341 g/mol. The van der Waals surface area contributed by atoms with Crippen LogP contribution in [0.4, 0.5) is 0 Å². The number of hydrogen-bond acceptors (Lipinski definition) is 6. The summed E-state index contributed by atoms with van der Waals surface area (Å²) in [5.41, 5.74) is 0. The highest BCUT2D eigenvalue weighted by molar-refractivity contribution is 7.89. The van der Waals surface area contributed by atoms with E-state index in [1.165, 1.54) is 23.7 Å². The topological polar surface area (TPSA) is 76.8 Å². The van der Waals surface area contributed by atoms with Crippen LogP contribution in [0.2, 0.25) is 0 Å². The summed E-state index contributed by atoms with van der Waals surface area (Å²) in [7, 11) is -2.54. The summed E-state index contributed by atoms with van der Waals surface area (Å²) in [6, 6.07) is 4.86. The first-order valence-electron chi connectivity index (χ1n) is 6.74. The van der Waals surface area contributed by atoms with Crippen molar-refractivity contribution in [1.29, 1.82) is 0 Å². The molecule has 118 valence electrons. The SMILES string of the molecule is COC(=O)c1sccc1S(=O)(=O)N(Cc1ccco1)C1CC1. The lowest BCUT2D eigenvalue weighted by Crippen LogP contribution is -2.33. The number of esters is 1. The van der Waals surface area contributed by atoms with Crippen LogP contribution in [0.1, 0.15) is 28.3 Å². The number of ether oxygens (including phenoxy) is 1. The van der Waals surface area contributed by atoms with Gasteiger partial charge in [0.2, 0.25) is 10.0 Å². The minimum Gasteiger partial charge on any atom is -0.468 e. The van der Waals surface area contributed by atoms with Crippen LogP contribution in [-0.4, -0.2) is 31.8 Å². The zero-order valence-electron chi connectivity index (χ0n) is 11.9. The molecule has 0 saturated heterocycles. The molecule has 0 unspecified atom stereocenters. The Morgan fingerprint density at radius 3 is 2.82 bits per heavy atom. The van der Waals surface area contributed by atoms with Crippen molar-refractivity contribution in [3.05, 3.63) is 40.5 Å². The maximum atomic E-state index is 12.9. The van der Waals surface area contributed by atoms with Gasteiger partial charge in [-0.3, -0.25) is 0 Å². The van der Waals surface area contributed by atoms with Gasteiger partial charge in [0.05, 0.1) is 19.9 Å². The van der Waals surface area contributed by atoms with E-state index in [9.17, 15) is 13.2 Å². The Morgan fingerprint density at radius 2 is 2.23 bits per heavy atom. The molecule has 0 atom stereocenters. The zero-order valence-corrected chi connectivity index (χ0v) is 13.5. The van der Waals surface area contributed by atoms with Gasteiger partial charge in [-0.25, -0.2) is 13.2 Å². The summed E-state index contributed by atoms with van der Waals surface area (Å²) in [4.78, 5) is 11.9. The van der Waals surface area contributed by atoms with Crippen LogP contribution in [0.25, 0.3) is 0 Å². The fourth-order valence-electron chi connectivity index (χ4n) is 2.20. The third-order valence-corrected chi connectivity index (χ3v) is 6.40. The van der Waals surface area contributed by atoms with Crippen molar-refractivity contribution >= 4 is 27.3 Å². The number of carbonyl (C=O) groups is 1. The highest BCUT2D eigenvalue weighted by Crippen LogP contribution is 2.35. The minimum atomic E-state index is -3.77. The van der Waals surface area contributed by atoms with Crippen LogP contribution in [0.15, 0.2) is 39.2 Å². The zero-order chi connectivity index (χ0) is 15.7. The van der Waals surface area contributed by atoms with E-state index in [0.717, 1.165) is 24.2 Å². The maximum Gasteiger partial charge on any atom is 0.349 e. The molecule has 22 heavy (non-hydrogen) atoms. The second kappa shape index (κ2) is 5.86. The number of thiophene rings is 1. The molecule has 0 aromatic carbocycles. The van der Waals surface area contributed by atoms with Gasteiger partial charge in [0.1, 0.15) is 15.5 Å². The van der Waals surface area contributed by atoms with Gasteiger partial charge in [-0.1, -0.05) is 0 Å². The first kappa shape index (κ1) is 15.3. The Hall–Kier alpha value is -1.64. The van der Waals surface area contributed by atoms with Crippen molar-refractivity contribution in [2.24, 2.45) is 0 Å². The van der Waals surface area contributed by atoms with Crippen molar-refractivity contribution < 1.29 is 22.4 Å². The first-order chi connectivity index (χ1) is 10.5. The van der Waals surface area contributed by atoms with Crippen LogP contribution in [-0.2, 0) is 21.3 Å². The predicted octanol–water partition coefficient (Wildman–Crippen LogP) is 2.48. The average Bonchev–Trinajstić information content (AvgIpc) is 3.02. The normalized spacial score (nSPS) is 15.2. The molecule has 3 rings (SSSR count). The summed E-state index contributed by atoms with van der Waals surface area (Å²) >= 11 is 1.06. The van der Waals surface area contributed by atoms with Crippen molar-refractivity contribution in [1.82, 2.24) is 4.31 Å². The molecular formula is C14H15NO5S2. The standard InChI is InChI=1S/C14H15NO5S2/c1-19-14(16)13-12(6-8-21-13)22(17,18)15(10-4-5-10)9-11-3-2-7-20-11/h2-3,6-8,10H,4-5,9H2,1H3. The highest BCUT2D eigenvalue weighted by atomic mass is 32.2. The van der Waals surface area contributed by atoms with E-state index in [1.54, 1.807) is 17.5 Å². The van der Waals surface area contributed by atoms with E-state index >= 15 is 0 Å². The molecular weight excluding hydrogens is 326 g/mol. The van der Waals surface area contributed by atoms with E-state index in [4.69, 9.17) is 4.42 Å². The van der Waals surface area contributed by atoms with Crippen LogP contribution in [0, 0.1) is 0 Å². The first-order valence-corrected chi connectivity index (χ1v) is 9.06. The van der Waals surface area contributed by atoms with Crippen LogP contribution >= 0.6 is 11.3 Å². The van der Waals surface area contributed by atoms with Crippen LogP contribution in [0.5, 0.6) is 0 Å². The van der Waals surface area contributed by atoms with Gasteiger partial charge < -0.3 is 9.15 Å². The Labute approximate surface area is 132 Å². The smallest absolute Gasteiger partial charge is 0.349 e. The average molecular weight is 341 g/mol.